The Kier molecular flexibility index (Phi) is 6.50. The molecule has 3 N–H and O–H groups in total. The van der Waals surface area contributed by atoms with E-state index in [1.54, 1.807) is 6.07 Å². The molecular formula is C15H23FN2O. The number of unbranched alkanes of at least 4 members (excludes halogenated alkanes) is 1. The van der Waals surface area contributed by atoms with Gasteiger partial charge in [-0.05, 0) is 43.0 Å². The first-order valence-corrected chi connectivity index (χ1v) is 6.83. The number of nitrogens with two attached hydrogens (primary N) is 1. The normalized spacial score (nSPS) is 12.2. The SMILES string of the molecule is CCCCC(N)C(=O)NCCc1ccc(F)cc1C. The van der Waals surface area contributed by atoms with Crippen molar-refractivity contribution in [2.24, 2.45) is 5.73 Å². The molecule has 1 aromatic rings. The Morgan fingerprint density at radius 2 is 2.21 bits per heavy atom. The third-order valence-electron chi connectivity index (χ3n) is 3.20. The molecule has 1 aromatic carbocycles. The van der Waals surface area contributed by atoms with Crippen LogP contribution in [0.2, 0.25) is 0 Å². The Morgan fingerprint density at radius 3 is 2.84 bits per heavy atom. The van der Waals surface area contributed by atoms with Gasteiger partial charge in [0, 0.05) is 6.54 Å². The van der Waals surface area contributed by atoms with E-state index in [-0.39, 0.29) is 11.7 Å². The molecular weight excluding hydrogens is 243 g/mol. The van der Waals surface area contributed by atoms with Crippen molar-refractivity contribution in [3.05, 3.63) is 35.1 Å². The second-order valence-electron chi connectivity index (χ2n) is 4.86. The standard InChI is InChI=1S/C15H23FN2O/c1-3-4-5-14(17)15(19)18-9-8-12-6-7-13(16)10-11(12)2/h6-7,10,14H,3-5,8-9,17H2,1-2H3,(H,18,19). The number of nitrogens with one attached hydrogen (secondary N) is 1. The van der Waals surface area contributed by atoms with Crippen LogP contribution in [0.5, 0.6) is 0 Å². The third kappa shape index (κ3) is 5.39. The average molecular weight is 266 g/mol. The Balaban J connectivity index is 2.35. The number of carbonyl (C=O) groups is 1. The molecule has 1 unspecified atom stereocenters. The maximum atomic E-state index is 12.9. The summed E-state index contributed by atoms with van der Waals surface area (Å²) in [5.41, 5.74) is 7.72. The summed E-state index contributed by atoms with van der Waals surface area (Å²) in [7, 11) is 0. The van der Waals surface area contributed by atoms with Gasteiger partial charge in [-0.1, -0.05) is 25.8 Å². The van der Waals surface area contributed by atoms with Gasteiger partial charge in [0.25, 0.3) is 0 Å². The summed E-state index contributed by atoms with van der Waals surface area (Å²) < 4.78 is 12.9. The van der Waals surface area contributed by atoms with Crippen LogP contribution in [-0.2, 0) is 11.2 Å². The minimum atomic E-state index is -0.422. The predicted molar refractivity (Wildman–Crippen MR) is 75.4 cm³/mol. The number of aryl methyl sites for hydroxylation is 1. The summed E-state index contributed by atoms with van der Waals surface area (Å²) in [6, 6.07) is 4.28. The highest BCUT2D eigenvalue weighted by Crippen LogP contribution is 2.10. The number of halogens is 1. The van der Waals surface area contributed by atoms with E-state index in [0.717, 1.165) is 30.4 Å². The predicted octanol–water partition coefficient (Wildman–Crippen LogP) is 2.31. The van der Waals surface area contributed by atoms with Gasteiger partial charge < -0.3 is 11.1 Å². The van der Waals surface area contributed by atoms with Gasteiger partial charge in [-0.3, -0.25) is 4.79 Å². The van der Waals surface area contributed by atoms with Crippen molar-refractivity contribution in [1.82, 2.24) is 5.32 Å². The Morgan fingerprint density at radius 1 is 1.47 bits per heavy atom. The topological polar surface area (TPSA) is 55.1 Å². The lowest BCUT2D eigenvalue weighted by Crippen LogP contribution is -2.41. The minimum absolute atomic E-state index is 0.104. The first-order chi connectivity index (χ1) is 9.04. The summed E-state index contributed by atoms with van der Waals surface area (Å²) in [6.07, 6.45) is 3.41. The van der Waals surface area contributed by atoms with Crippen molar-refractivity contribution in [3.8, 4) is 0 Å². The van der Waals surface area contributed by atoms with Gasteiger partial charge in [0.15, 0.2) is 0 Å². The molecule has 106 valence electrons. The quantitative estimate of drug-likeness (QED) is 0.795. The van der Waals surface area contributed by atoms with Crippen LogP contribution in [0, 0.1) is 12.7 Å². The molecule has 0 saturated carbocycles. The Labute approximate surface area is 114 Å². The van der Waals surface area contributed by atoms with Crippen molar-refractivity contribution in [2.45, 2.75) is 45.6 Å². The van der Waals surface area contributed by atoms with Crippen molar-refractivity contribution in [2.75, 3.05) is 6.54 Å². The average Bonchev–Trinajstić information content (AvgIpc) is 2.38. The van der Waals surface area contributed by atoms with Gasteiger partial charge in [0.1, 0.15) is 5.82 Å². The van der Waals surface area contributed by atoms with Gasteiger partial charge >= 0.3 is 0 Å². The van der Waals surface area contributed by atoms with E-state index in [1.807, 2.05) is 6.92 Å². The monoisotopic (exact) mass is 266 g/mol. The zero-order valence-corrected chi connectivity index (χ0v) is 11.7. The molecule has 19 heavy (non-hydrogen) atoms. The largest absolute Gasteiger partial charge is 0.354 e. The molecule has 1 amide bonds. The van der Waals surface area contributed by atoms with Crippen molar-refractivity contribution >= 4 is 5.91 Å². The lowest BCUT2D eigenvalue weighted by molar-refractivity contribution is -0.122. The fraction of sp³-hybridized carbons (Fsp3) is 0.533. The first kappa shape index (κ1) is 15.6. The molecule has 0 aliphatic carbocycles. The second kappa shape index (κ2) is 7.89. The molecule has 0 aliphatic heterocycles. The van der Waals surface area contributed by atoms with Gasteiger partial charge in [-0.15, -0.1) is 0 Å². The molecule has 0 radical (unpaired) electrons. The highest BCUT2D eigenvalue weighted by atomic mass is 19.1. The Bertz CT molecular complexity index is 421. The van der Waals surface area contributed by atoms with Crippen molar-refractivity contribution in [1.29, 1.82) is 0 Å². The van der Waals surface area contributed by atoms with Crippen LogP contribution in [0.25, 0.3) is 0 Å². The number of benzene rings is 1. The summed E-state index contributed by atoms with van der Waals surface area (Å²) >= 11 is 0. The van der Waals surface area contributed by atoms with Gasteiger partial charge in [0.05, 0.1) is 6.04 Å². The van der Waals surface area contributed by atoms with Crippen LogP contribution in [0.3, 0.4) is 0 Å². The van der Waals surface area contributed by atoms with Gasteiger partial charge in [-0.25, -0.2) is 4.39 Å². The summed E-state index contributed by atoms with van der Waals surface area (Å²) in [6.45, 7) is 4.47. The molecule has 0 spiro atoms. The molecule has 0 aromatic heterocycles. The molecule has 3 nitrogen and oxygen atoms in total. The number of rotatable bonds is 7. The third-order valence-corrected chi connectivity index (χ3v) is 3.20. The molecule has 0 heterocycles. The van der Waals surface area contributed by atoms with Crippen LogP contribution in [0.1, 0.15) is 37.3 Å². The molecule has 1 atom stereocenters. The molecule has 0 bridgehead atoms. The van der Waals surface area contributed by atoms with Gasteiger partial charge in [-0.2, -0.15) is 0 Å². The van der Waals surface area contributed by atoms with Gasteiger partial charge in [0.2, 0.25) is 5.91 Å². The lowest BCUT2D eigenvalue weighted by Gasteiger charge is -2.12. The van der Waals surface area contributed by atoms with Crippen LogP contribution in [0.4, 0.5) is 4.39 Å². The van der Waals surface area contributed by atoms with E-state index < -0.39 is 6.04 Å². The summed E-state index contributed by atoms with van der Waals surface area (Å²) in [5, 5.41) is 2.82. The maximum Gasteiger partial charge on any atom is 0.236 e. The van der Waals surface area contributed by atoms with Crippen LogP contribution >= 0.6 is 0 Å². The van der Waals surface area contributed by atoms with E-state index in [2.05, 4.69) is 12.2 Å². The number of amides is 1. The van der Waals surface area contributed by atoms with E-state index in [9.17, 15) is 9.18 Å². The molecule has 4 heteroatoms. The number of hydrogen-bond donors (Lipinski definition) is 2. The first-order valence-electron chi connectivity index (χ1n) is 6.83. The van der Waals surface area contributed by atoms with E-state index in [1.165, 1.54) is 12.1 Å². The zero-order valence-electron chi connectivity index (χ0n) is 11.7. The zero-order chi connectivity index (χ0) is 14.3. The van der Waals surface area contributed by atoms with Crippen molar-refractivity contribution in [3.63, 3.8) is 0 Å². The highest BCUT2D eigenvalue weighted by molar-refractivity contribution is 5.81. The van der Waals surface area contributed by atoms with Crippen LogP contribution in [0.15, 0.2) is 18.2 Å². The van der Waals surface area contributed by atoms with E-state index >= 15 is 0 Å². The van der Waals surface area contributed by atoms with E-state index in [0.29, 0.717) is 13.0 Å². The molecule has 0 saturated heterocycles. The number of carbonyl (C=O) groups excluding carboxylic acids is 1. The maximum absolute atomic E-state index is 12.9. The van der Waals surface area contributed by atoms with E-state index in [4.69, 9.17) is 5.73 Å². The van der Waals surface area contributed by atoms with Crippen molar-refractivity contribution < 1.29 is 9.18 Å². The lowest BCUT2D eigenvalue weighted by atomic mass is 10.1. The molecule has 0 aliphatic rings. The molecule has 1 rings (SSSR count). The number of hydrogen-bond acceptors (Lipinski definition) is 2. The summed E-state index contributed by atoms with van der Waals surface area (Å²) in [5.74, 6) is -0.333. The van der Waals surface area contributed by atoms with Crippen LogP contribution in [-0.4, -0.2) is 18.5 Å². The van der Waals surface area contributed by atoms with Crippen LogP contribution < -0.4 is 11.1 Å². The highest BCUT2D eigenvalue weighted by Gasteiger charge is 2.11. The Hall–Kier alpha value is -1.42. The second-order valence-corrected chi connectivity index (χ2v) is 4.86. The fourth-order valence-corrected chi connectivity index (χ4v) is 1.95. The molecule has 0 fully saturated rings. The smallest absolute Gasteiger partial charge is 0.236 e. The minimum Gasteiger partial charge on any atom is -0.354 e. The fourth-order valence-electron chi connectivity index (χ4n) is 1.95. The summed E-state index contributed by atoms with van der Waals surface area (Å²) in [4.78, 5) is 11.7.